The van der Waals surface area contributed by atoms with Crippen molar-refractivity contribution in [3.05, 3.63) is 28.5 Å². The standard InChI is InChI=1S/C21H29BrN2O5/c1-19(2,3)29-18(27)24-10-8-20(9-11-24)6-7-21(14-20,28-13-17(25)26)15-4-5-16(22)23-12-15/h4-5,12H,6-11,13-14H2,1-3H3,(H,25,26). The molecule has 2 heterocycles. The zero-order valence-corrected chi connectivity index (χ0v) is 18.8. The molecule has 1 aliphatic carbocycles. The van der Waals surface area contributed by atoms with Crippen LogP contribution in [0.5, 0.6) is 0 Å². The number of piperidine rings is 1. The van der Waals surface area contributed by atoms with Crippen molar-refractivity contribution >= 4 is 28.0 Å². The fourth-order valence-corrected chi connectivity index (χ4v) is 4.70. The van der Waals surface area contributed by atoms with Crippen molar-refractivity contribution in [1.82, 2.24) is 9.88 Å². The molecule has 1 N–H and O–H groups in total. The van der Waals surface area contributed by atoms with Crippen LogP contribution in [0.1, 0.15) is 58.4 Å². The maximum Gasteiger partial charge on any atom is 0.410 e. The normalized spacial score (nSPS) is 23.9. The number of likely N-dealkylation sites (tertiary alicyclic amines) is 1. The van der Waals surface area contributed by atoms with Crippen molar-refractivity contribution in [2.75, 3.05) is 19.7 Å². The van der Waals surface area contributed by atoms with Crippen molar-refractivity contribution < 1.29 is 24.2 Å². The predicted octanol–water partition coefficient (Wildman–Crippen LogP) is 4.34. The summed E-state index contributed by atoms with van der Waals surface area (Å²) in [6, 6.07) is 3.81. The topological polar surface area (TPSA) is 89.0 Å². The Morgan fingerprint density at radius 1 is 1.21 bits per heavy atom. The number of carboxylic acids is 1. The molecule has 2 fully saturated rings. The quantitative estimate of drug-likeness (QED) is 0.660. The molecule has 1 aliphatic heterocycles. The monoisotopic (exact) mass is 468 g/mol. The maximum atomic E-state index is 12.4. The molecule has 8 heteroatoms. The van der Waals surface area contributed by atoms with Crippen LogP contribution in [0.25, 0.3) is 0 Å². The van der Waals surface area contributed by atoms with E-state index >= 15 is 0 Å². The number of nitrogens with zero attached hydrogens (tertiary/aromatic N) is 2. The number of halogens is 1. The number of aliphatic carboxylic acids is 1. The molecule has 7 nitrogen and oxygen atoms in total. The van der Waals surface area contributed by atoms with Gasteiger partial charge < -0.3 is 19.5 Å². The van der Waals surface area contributed by atoms with Crippen LogP contribution in [0.15, 0.2) is 22.9 Å². The van der Waals surface area contributed by atoms with Crippen molar-refractivity contribution in [3.63, 3.8) is 0 Å². The van der Waals surface area contributed by atoms with E-state index in [0.717, 1.165) is 42.3 Å². The van der Waals surface area contributed by atoms with Gasteiger partial charge in [0.2, 0.25) is 0 Å². The number of pyridine rings is 1. The smallest absolute Gasteiger partial charge is 0.410 e. The first-order chi connectivity index (χ1) is 13.5. The number of aromatic nitrogens is 1. The molecule has 1 saturated carbocycles. The largest absolute Gasteiger partial charge is 0.480 e. The van der Waals surface area contributed by atoms with Crippen molar-refractivity contribution in [2.45, 2.75) is 64.1 Å². The van der Waals surface area contributed by atoms with Gasteiger partial charge in [0, 0.05) is 24.8 Å². The Kier molecular flexibility index (Phi) is 6.24. The van der Waals surface area contributed by atoms with Crippen LogP contribution in [-0.4, -0.2) is 52.4 Å². The van der Waals surface area contributed by atoms with Gasteiger partial charge in [-0.1, -0.05) is 6.07 Å². The molecule has 0 radical (unpaired) electrons. The van der Waals surface area contributed by atoms with E-state index in [1.165, 1.54) is 0 Å². The van der Waals surface area contributed by atoms with Gasteiger partial charge in [-0.2, -0.15) is 0 Å². The van der Waals surface area contributed by atoms with Crippen LogP contribution in [-0.2, 0) is 19.9 Å². The van der Waals surface area contributed by atoms with E-state index in [9.17, 15) is 9.59 Å². The minimum atomic E-state index is -0.977. The third-order valence-corrected chi connectivity index (χ3v) is 6.39. The minimum absolute atomic E-state index is 0.0318. The summed E-state index contributed by atoms with van der Waals surface area (Å²) in [5.74, 6) is -0.977. The average molecular weight is 469 g/mol. The Bertz CT molecular complexity index is 753. The first-order valence-corrected chi connectivity index (χ1v) is 10.8. The zero-order valence-electron chi connectivity index (χ0n) is 17.2. The lowest BCUT2D eigenvalue weighted by atomic mass is 9.75. The number of hydrogen-bond acceptors (Lipinski definition) is 5. The van der Waals surface area contributed by atoms with Crippen LogP contribution in [0.3, 0.4) is 0 Å². The molecule has 1 amide bonds. The van der Waals surface area contributed by atoms with Gasteiger partial charge in [0.15, 0.2) is 0 Å². The van der Waals surface area contributed by atoms with Gasteiger partial charge in [-0.25, -0.2) is 14.6 Å². The van der Waals surface area contributed by atoms with Crippen LogP contribution < -0.4 is 0 Å². The molecular formula is C21H29BrN2O5. The molecule has 1 atom stereocenters. The summed E-state index contributed by atoms with van der Waals surface area (Å²) in [4.78, 5) is 29.6. The molecule has 0 bridgehead atoms. The summed E-state index contributed by atoms with van der Waals surface area (Å²) < 4.78 is 12.2. The lowest BCUT2D eigenvalue weighted by Gasteiger charge is -2.41. The number of carbonyl (C=O) groups excluding carboxylic acids is 1. The van der Waals surface area contributed by atoms with Gasteiger partial charge in [-0.15, -0.1) is 0 Å². The second-order valence-electron chi connectivity index (χ2n) is 9.19. The maximum absolute atomic E-state index is 12.4. The number of carbonyl (C=O) groups is 2. The van der Waals surface area contributed by atoms with Crippen LogP contribution in [0.2, 0.25) is 0 Å². The lowest BCUT2D eigenvalue weighted by Crippen LogP contribution is -2.45. The predicted molar refractivity (Wildman–Crippen MR) is 111 cm³/mol. The van der Waals surface area contributed by atoms with Gasteiger partial charge in [-0.3, -0.25) is 0 Å². The minimum Gasteiger partial charge on any atom is -0.480 e. The Hall–Kier alpha value is -1.67. The van der Waals surface area contributed by atoms with Crippen LogP contribution in [0.4, 0.5) is 4.79 Å². The third kappa shape index (κ3) is 5.28. The number of hydrogen-bond donors (Lipinski definition) is 1. The molecule has 2 aliphatic rings. The van der Waals surface area contributed by atoms with Gasteiger partial charge in [-0.05, 0) is 80.3 Å². The Morgan fingerprint density at radius 2 is 1.90 bits per heavy atom. The summed E-state index contributed by atoms with van der Waals surface area (Å²) in [5.41, 5.74) is -0.216. The summed E-state index contributed by atoms with van der Waals surface area (Å²) in [7, 11) is 0. The van der Waals surface area contributed by atoms with Crippen molar-refractivity contribution in [3.8, 4) is 0 Å². The van der Waals surface area contributed by atoms with E-state index in [-0.39, 0.29) is 18.1 Å². The molecular weight excluding hydrogens is 440 g/mol. The van der Waals surface area contributed by atoms with E-state index in [2.05, 4.69) is 20.9 Å². The van der Waals surface area contributed by atoms with Crippen LogP contribution in [0, 0.1) is 5.41 Å². The van der Waals surface area contributed by atoms with Gasteiger partial charge in [0.05, 0.1) is 5.60 Å². The first-order valence-electron chi connectivity index (χ1n) is 9.98. The second-order valence-corrected chi connectivity index (χ2v) is 10.0. The molecule has 160 valence electrons. The highest BCUT2D eigenvalue weighted by molar-refractivity contribution is 9.10. The summed E-state index contributed by atoms with van der Waals surface area (Å²) in [6.07, 6.45) is 5.62. The Morgan fingerprint density at radius 3 is 2.45 bits per heavy atom. The number of carboxylic acid groups (broad SMARTS) is 1. The average Bonchev–Trinajstić information content (AvgIpc) is 2.99. The van der Waals surface area contributed by atoms with Gasteiger partial charge in [0.25, 0.3) is 0 Å². The molecule has 1 aromatic heterocycles. The van der Waals surface area contributed by atoms with Crippen molar-refractivity contribution in [2.24, 2.45) is 5.41 Å². The first kappa shape index (κ1) is 22.0. The molecule has 0 aromatic carbocycles. The molecule has 1 unspecified atom stereocenters. The van der Waals surface area contributed by atoms with Crippen LogP contribution >= 0.6 is 15.9 Å². The Balaban J connectivity index is 1.72. The fraction of sp³-hybridized carbons (Fsp3) is 0.667. The summed E-state index contributed by atoms with van der Waals surface area (Å²) >= 11 is 3.35. The molecule has 1 aromatic rings. The summed E-state index contributed by atoms with van der Waals surface area (Å²) in [5, 5.41) is 9.16. The molecule has 1 spiro atoms. The third-order valence-electron chi connectivity index (χ3n) is 5.92. The molecule has 3 rings (SSSR count). The highest BCUT2D eigenvalue weighted by atomic mass is 79.9. The lowest BCUT2D eigenvalue weighted by molar-refractivity contribution is -0.151. The molecule has 29 heavy (non-hydrogen) atoms. The number of ether oxygens (including phenoxy) is 2. The van der Waals surface area contributed by atoms with E-state index in [0.29, 0.717) is 13.1 Å². The number of rotatable bonds is 4. The van der Waals surface area contributed by atoms with E-state index in [1.807, 2.05) is 32.9 Å². The second kappa shape index (κ2) is 8.22. The Labute approximate surface area is 179 Å². The fourth-order valence-electron chi connectivity index (χ4n) is 4.46. The SMILES string of the molecule is CC(C)(C)OC(=O)N1CCC2(CC1)CCC(OCC(=O)O)(c1ccc(Br)nc1)C2. The zero-order chi connectivity index (χ0) is 21.3. The number of amides is 1. The van der Waals surface area contributed by atoms with Crippen molar-refractivity contribution in [1.29, 1.82) is 0 Å². The van der Waals surface area contributed by atoms with E-state index in [1.54, 1.807) is 11.1 Å². The van der Waals surface area contributed by atoms with E-state index < -0.39 is 17.2 Å². The van der Waals surface area contributed by atoms with Gasteiger partial charge >= 0.3 is 12.1 Å². The van der Waals surface area contributed by atoms with Gasteiger partial charge in [0.1, 0.15) is 16.8 Å². The highest BCUT2D eigenvalue weighted by Gasteiger charge is 2.51. The summed E-state index contributed by atoms with van der Waals surface area (Å²) in [6.45, 7) is 6.55. The molecule has 1 saturated heterocycles. The highest BCUT2D eigenvalue weighted by Crippen LogP contribution is 2.56. The van der Waals surface area contributed by atoms with E-state index in [4.69, 9.17) is 14.6 Å².